The van der Waals surface area contributed by atoms with Gasteiger partial charge in [0.2, 0.25) is 0 Å². The van der Waals surface area contributed by atoms with Crippen LogP contribution in [-0.2, 0) is 12.8 Å². The first-order valence-electron chi connectivity index (χ1n) is 6.21. The maximum absolute atomic E-state index is 13.7. The van der Waals surface area contributed by atoms with E-state index in [1.165, 1.54) is 17.2 Å². The van der Waals surface area contributed by atoms with Crippen molar-refractivity contribution in [1.29, 1.82) is 0 Å². The van der Waals surface area contributed by atoms with Crippen LogP contribution in [0.25, 0.3) is 0 Å². The number of benzene rings is 2. The molecule has 0 nitrogen and oxygen atoms in total. The Morgan fingerprint density at radius 3 is 2.56 bits per heavy atom. The van der Waals surface area contributed by atoms with Crippen molar-refractivity contribution in [1.82, 2.24) is 0 Å². The summed E-state index contributed by atoms with van der Waals surface area (Å²) in [5.74, 6) is 0.165. The summed E-state index contributed by atoms with van der Waals surface area (Å²) in [6, 6.07) is 15.2. The molecule has 0 saturated carbocycles. The zero-order valence-corrected chi connectivity index (χ0v) is 10.7. The predicted molar refractivity (Wildman–Crippen MR) is 72.3 cm³/mol. The van der Waals surface area contributed by atoms with E-state index in [0.29, 0.717) is 12.3 Å². The van der Waals surface area contributed by atoms with Crippen molar-refractivity contribution in [2.24, 2.45) is 5.92 Å². The highest BCUT2D eigenvalue weighted by Crippen LogP contribution is 2.42. The molecule has 92 valence electrons. The maximum Gasteiger partial charge on any atom is 0.126 e. The lowest BCUT2D eigenvalue weighted by molar-refractivity contribution is 0.519. The van der Waals surface area contributed by atoms with Crippen LogP contribution in [0.2, 0.25) is 0 Å². The second-order valence-corrected chi connectivity index (χ2v) is 5.33. The van der Waals surface area contributed by atoms with E-state index in [2.05, 4.69) is 12.1 Å². The molecule has 2 atom stereocenters. The van der Waals surface area contributed by atoms with E-state index >= 15 is 0 Å². The van der Waals surface area contributed by atoms with Gasteiger partial charge in [0.25, 0.3) is 0 Å². The van der Waals surface area contributed by atoms with Crippen molar-refractivity contribution in [2.45, 2.75) is 18.2 Å². The highest BCUT2D eigenvalue weighted by molar-refractivity contribution is 6.21. The Bertz CT molecular complexity index is 565. The SMILES string of the molecule is Fc1ccccc1CC1Cc2ccccc2C1Cl. The van der Waals surface area contributed by atoms with E-state index in [9.17, 15) is 4.39 Å². The Morgan fingerprint density at radius 2 is 1.78 bits per heavy atom. The van der Waals surface area contributed by atoms with E-state index in [0.717, 1.165) is 12.0 Å². The largest absolute Gasteiger partial charge is 0.207 e. The van der Waals surface area contributed by atoms with Crippen LogP contribution in [0.5, 0.6) is 0 Å². The Kier molecular flexibility index (Phi) is 3.09. The van der Waals surface area contributed by atoms with Crippen molar-refractivity contribution in [2.75, 3.05) is 0 Å². The number of halogens is 2. The highest BCUT2D eigenvalue weighted by atomic mass is 35.5. The van der Waals surface area contributed by atoms with E-state index < -0.39 is 0 Å². The molecule has 0 heterocycles. The molecule has 0 spiro atoms. The number of hydrogen-bond acceptors (Lipinski definition) is 0. The van der Waals surface area contributed by atoms with Crippen LogP contribution >= 0.6 is 11.6 Å². The third-order valence-electron chi connectivity index (χ3n) is 3.69. The molecular weight excluding hydrogens is 247 g/mol. The van der Waals surface area contributed by atoms with Gasteiger partial charge in [0.15, 0.2) is 0 Å². The quantitative estimate of drug-likeness (QED) is 0.697. The number of alkyl halides is 1. The summed E-state index contributed by atoms with van der Waals surface area (Å²) in [5.41, 5.74) is 3.28. The molecule has 0 amide bonds. The molecule has 0 bridgehead atoms. The van der Waals surface area contributed by atoms with E-state index in [1.54, 1.807) is 6.07 Å². The molecule has 2 unspecified atom stereocenters. The average Bonchev–Trinajstić information content (AvgIpc) is 2.70. The fraction of sp³-hybridized carbons (Fsp3) is 0.250. The highest BCUT2D eigenvalue weighted by Gasteiger charge is 2.30. The van der Waals surface area contributed by atoms with Crippen molar-refractivity contribution in [3.05, 3.63) is 71.0 Å². The predicted octanol–water partition coefficient (Wildman–Crippen LogP) is 4.52. The Hall–Kier alpha value is -1.34. The molecule has 2 heteroatoms. The monoisotopic (exact) mass is 260 g/mol. The Labute approximate surface area is 111 Å². The summed E-state index contributed by atoms with van der Waals surface area (Å²) in [6.07, 6.45) is 1.65. The summed E-state index contributed by atoms with van der Waals surface area (Å²) >= 11 is 6.49. The smallest absolute Gasteiger partial charge is 0.126 e. The minimum absolute atomic E-state index is 0.000746. The van der Waals surface area contributed by atoms with Crippen molar-refractivity contribution < 1.29 is 4.39 Å². The number of fused-ring (bicyclic) bond motifs is 1. The molecule has 1 aliphatic carbocycles. The summed E-state index contributed by atoms with van der Waals surface area (Å²) < 4.78 is 13.7. The molecule has 1 aliphatic rings. The van der Waals surface area contributed by atoms with Gasteiger partial charge in [-0.15, -0.1) is 11.6 Å². The zero-order valence-electron chi connectivity index (χ0n) is 9.94. The Balaban J connectivity index is 1.83. The van der Waals surface area contributed by atoms with Crippen LogP contribution < -0.4 is 0 Å². The molecule has 3 rings (SSSR count). The molecule has 0 saturated heterocycles. The van der Waals surface area contributed by atoms with Crippen molar-refractivity contribution >= 4 is 11.6 Å². The molecule has 0 fully saturated rings. The zero-order chi connectivity index (χ0) is 12.5. The third kappa shape index (κ3) is 2.04. The van der Waals surface area contributed by atoms with Crippen LogP contribution in [0.15, 0.2) is 48.5 Å². The fourth-order valence-electron chi connectivity index (χ4n) is 2.75. The maximum atomic E-state index is 13.7. The van der Waals surface area contributed by atoms with Gasteiger partial charge in [-0.05, 0) is 41.5 Å². The molecule has 0 aliphatic heterocycles. The first-order valence-corrected chi connectivity index (χ1v) is 6.64. The fourth-order valence-corrected chi connectivity index (χ4v) is 3.14. The van der Waals surface area contributed by atoms with Gasteiger partial charge in [-0.25, -0.2) is 4.39 Å². The van der Waals surface area contributed by atoms with Gasteiger partial charge in [0, 0.05) is 0 Å². The van der Waals surface area contributed by atoms with Gasteiger partial charge in [0.1, 0.15) is 5.82 Å². The van der Waals surface area contributed by atoms with Gasteiger partial charge in [-0.2, -0.15) is 0 Å². The van der Waals surface area contributed by atoms with E-state index in [4.69, 9.17) is 11.6 Å². The number of rotatable bonds is 2. The second kappa shape index (κ2) is 4.74. The third-order valence-corrected chi connectivity index (χ3v) is 4.28. The molecular formula is C16H14ClF. The van der Waals surface area contributed by atoms with Crippen LogP contribution in [0.4, 0.5) is 4.39 Å². The molecule has 0 N–H and O–H groups in total. The van der Waals surface area contributed by atoms with Crippen LogP contribution in [0, 0.1) is 11.7 Å². The van der Waals surface area contributed by atoms with Gasteiger partial charge in [0.05, 0.1) is 5.38 Å². The average molecular weight is 261 g/mol. The second-order valence-electron chi connectivity index (χ2n) is 4.86. The lowest BCUT2D eigenvalue weighted by Crippen LogP contribution is -2.08. The van der Waals surface area contributed by atoms with Crippen molar-refractivity contribution in [3.63, 3.8) is 0 Å². The minimum Gasteiger partial charge on any atom is -0.207 e. The van der Waals surface area contributed by atoms with Crippen LogP contribution in [0.3, 0.4) is 0 Å². The summed E-state index contributed by atoms with van der Waals surface area (Å²) in [6.45, 7) is 0. The molecule has 2 aromatic carbocycles. The normalized spacial score (nSPS) is 21.9. The summed E-state index contributed by atoms with van der Waals surface area (Å²) in [7, 11) is 0. The lowest BCUT2D eigenvalue weighted by atomic mass is 9.96. The molecule has 2 aromatic rings. The van der Waals surface area contributed by atoms with Crippen LogP contribution in [0.1, 0.15) is 22.1 Å². The molecule has 0 radical (unpaired) electrons. The standard InChI is InChI=1S/C16H14ClF/c17-16-13(9-11-5-1-3-7-14(11)16)10-12-6-2-4-8-15(12)18/h1-8,13,16H,9-10H2. The van der Waals surface area contributed by atoms with Crippen LogP contribution in [-0.4, -0.2) is 0 Å². The van der Waals surface area contributed by atoms with E-state index in [-0.39, 0.29) is 11.2 Å². The first kappa shape index (κ1) is 11.7. The van der Waals surface area contributed by atoms with Gasteiger partial charge in [-0.1, -0.05) is 42.5 Å². The molecule has 18 heavy (non-hydrogen) atoms. The summed E-state index contributed by atoms with van der Waals surface area (Å²) in [5, 5.41) is 0.000746. The summed E-state index contributed by atoms with van der Waals surface area (Å²) in [4.78, 5) is 0. The van der Waals surface area contributed by atoms with Gasteiger partial charge < -0.3 is 0 Å². The number of hydrogen-bond donors (Lipinski definition) is 0. The van der Waals surface area contributed by atoms with Gasteiger partial charge >= 0.3 is 0 Å². The lowest BCUT2D eigenvalue weighted by Gasteiger charge is -2.14. The van der Waals surface area contributed by atoms with Crippen molar-refractivity contribution in [3.8, 4) is 0 Å². The minimum atomic E-state index is -0.127. The van der Waals surface area contributed by atoms with Gasteiger partial charge in [-0.3, -0.25) is 0 Å². The Morgan fingerprint density at radius 1 is 1.06 bits per heavy atom. The topological polar surface area (TPSA) is 0 Å². The first-order chi connectivity index (χ1) is 8.75. The molecule has 0 aromatic heterocycles. The van der Waals surface area contributed by atoms with E-state index in [1.807, 2.05) is 24.3 Å².